The summed E-state index contributed by atoms with van der Waals surface area (Å²) in [6, 6.07) is 5.42. The molecule has 0 bridgehead atoms. The van der Waals surface area contributed by atoms with Crippen LogP contribution in [0.15, 0.2) is 18.2 Å². The summed E-state index contributed by atoms with van der Waals surface area (Å²) in [5.74, 6) is 3.60. The number of methoxy groups -OCH3 is 2. The second kappa shape index (κ2) is 8.08. The van der Waals surface area contributed by atoms with Gasteiger partial charge in [0.15, 0.2) is 11.5 Å². The zero-order chi connectivity index (χ0) is 15.0. The van der Waals surface area contributed by atoms with Crippen molar-refractivity contribution in [3.8, 4) is 23.8 Å². The minimum absolute atomic E-state index is 0.109. The molecular formula is C15H20N2O3. The number of benzene rings is 1. The van der Waals surface area contributed by atoms with E-state index in [4.69, 9.17) is 15.9 Å². The van der Waals surface area contributed by atoms with E-state index in [1.54, 1.807) is 14.2 Å². The molecular weight excluding hydrogens is 256 g/mol. The number of amides is 1. The van der Waals surface area contributed by atoms with E-state index < -0.39 is 0 Å². The van der Waals surface area contributed by atoms with E-state index in [1.165, 1.54) is 0 Å². The Labute approximate surface area is 119 Å². The molecule has 0 aliphatic rings. The average Bonchev–Trinajstić information content (AvgIpc) is 2.46. The van der Waals surface area contributed by atoms with Crippen LogP contribution >= 0.6 is 0 Å². The highest BCUT2D eigenvalue weighted by molar-refractivity contribution is 5.78. The van der Waals surface area contributed by atoms with Crippen molar-refractivity contribution in [2.75, 3.05) is 27.3 Å². The summed E-state index contributed by atoms with van der Waals surface area (Å²) in [5.41, 5.74) is 0.938. The highest BCUT2D eigenvalue weighted by Gasteiger charge is 2.12. The highest BCUT2D eigenvalue weighted by Crippen LogP contribution is 2.29. The van der Waals surface area contributed by atoms with Crippen LogP contribution in [0.4, 0.5) is 0 Å². The molecule has 0 radical (unpaired) electrons. The van der Waals surface area contributed by atoms with E-state index in [0.717, 1.165) is 5.56 Å². The Balaban J connectivity index is 2.65. The molecule has 0 saturated heterocycles. The number of terminal acetylenes is 1. The molecule has 1 aromatic rings. The molecule has 2 N–H and O–H groups in total. The van der Waals surface area contributed by atoms with Gasteiger partial charge in [-0.05, 0) is 24.6 Å². The maximum Gasteiger partial charge on any atom is 0.234 e. The van der Waals surface area contributed by atoms with Gasteiger partial charge in [0.1, 0.15) is 0 Å². The lowest BCUT2D eigenvalue weighted by atomic mass is 10.1. The zero-order valence-electron chi connectivity index (χ0n) is 12.0. The van der Waals surface area contributed by atoms with Gasteiger partial charge in [-0.1, -0.05) is 12.0 Å². The van der Waals surface area contributed by atoms with E-state index in [0.29, 0.717) is 18.0 Å². The summed E-state index contributed by atoms with van der Waals surface area (Å²) in [5, 5.41) is 5.72. The van der Waals surface area contributed by atoms with Gasteiger partial charge >= 0.3 is 0 Å². The SMILES string of the molecule is C#CCNCC(=O)NC(C)c1ccc(OC)c(OC)c1. The van der Waals surface area contributed by atoms with Crippen molar-refractivity contribution in [3.05, 3.63) is 23.8 Å². The quantitative estimate of drug-likeness (QED) is 0.578. The first kappa shape index (κ1) is 15.9. The number of hydrogen-bond donors (Lipinski definition) is 2. The third kappa shape index (κ3) is 4.48. The Morgan fingerprint density at radius 3 is 2.65 bits per heavy atom. The predicted molar refractivity (Wildman–Crippen MR) is 77.8 cm³/mol. The first-order valence-corrected chi connectivity index (χ1v) is 6.27. The lowest BCUT2D eigenvalue weighted by Gasteiger charge is -2.16. The molecule has 0 heterocycles. The fourth-order valence-corrected chi connectivity index (χ4v) is 1.75. The minimum Gasteiger partial charge on any atom is -0.493 e. The Kier molecular flexibility index (Phi) is 6.41. The van der Waals surface area contributed by atoms with Crippen molar-refractivity contribution >= 4 is 5.91 Å². The zero-order valence-corrected chi connectivity index (χ0v) is 12.0. The van der Waals surface area contributed by atoms with Crippen LogP contribution in [0, 0.1) is 12.3 Å². The minimum atomic E-state index is -0.130. The van der Waals surface area contributed by atoms with Gasteiger partial charge in [0.05, 0.1) is 33.4 Å². The van der Waals surface area contributed by atoms with Gasteiger partial charge in [0.2, 0.25) is 5.91 Å². The third-order valence-electron chi connectivity index (χ3n) is 2.80. The van der Waals surface area contributed by atoms with Crippen LogP contribution in [0.5, 0.6) is 11.5 Å². The fraction of sp³-hybridized carbons (Fsp3) is 0.400. The summed E-state index contributed by atoms with van der Waals surface area (Å²) >= 11 is 0. The molecule has 1 amide bonds. The largest absolute Gasteiger partial charge is 0.493 e. The average molecular weight is 276 g/mol. The van der Waals surface area contributed by atoms with Crippen molar-refractivity contribution in [1.82, 2.24) is 10.6 Å². The lowest BCUT2D eigenvalue weighted by molar-refractivity contribution is -0.120. The van der Waals surface area contributed by atoms with Gasteiger partial charge in [-0.3, -0.25) is 10.1 Å². The van der Waals surface area contributed by atoms with Gasteiger partial charge in [-0.15, -0.1) is 6.42 Å². The normalized spacial score (nSPS) is 11.3. The van der Waals surface area contributed by atoms with Crippen molar-refractivity contribution in [3.63, 3.8) is 0 Å². The Hall–Kier alpha value is -2.19. The van der Waals surface area contributed by atoms with Crippen LogP contribution in [-0.2, 0) is 4.79 Å². The summed E-state index contributed by atoms with van der Waals surface area (Å²) in [6.07, 6.45) is 5.10. The monoisotopic (exact) mass is 276 g/mol. The second-order valence-electron chi connectivity index (χ2n) is 4.21. The first-order valence-electron chi connectivity index (χ1n) is 6.27. The van der Waals surface area contributed by atoms with Crippen LogP contribution in [0.3, 0.4) is 0 Å². The molecule has 5 heteroatoms. The van der Waals surface area contributed by atoms with Crippen LogP contribution in [0.25, 0.3) is 0 Å². The summed E-state index contributed by atoms with van der Waals surface area (Å²) < 4.78 is 10.4. The van der Waals surface area contributed by atoms with Crippen LogP contribution < -0.4 is 20.1 Å². The Morgan fingerprint density at radius 1 is 1.35 bits per heavy atom. The van der Waals surface area contributed by atoms with E-state index in [-0.39, 0.29) is 18.5 Å². The molecule has 108 valence electrons. The van der Waals surface area contributed by atoms with Crippen molar-refractivity contribution < 1.29 is 14.3 Å². The van der Waals surface area contributed by atoms with Crippen molar-refractivity contribution in [2.45, 2.75) is 13.0 Å². The predicted octanol–water partition coefficient (Wildman–Crippen LogP) is 1.10. The van der Waals surface area contributed by atoms with Crippen LogP contribution in [0.2, 0.25) is 0 Å². The number of carbonyl (C=O) groups excluding carboxylic acids is 1. The number of nitrogens with one attached hydrogen (secondary N) is 2. The molecule has 0 aromatic heterocycles. The third-order valence-corrected chi connectivity index (χ3v) is 2.80. The molecule has 1 rings (SSSR count). The standard InChI is InChI=1S/C15H20N2O3/c1-5-8-16-10-15(18)17-11(2)12-6-7-13(19-3)14(9-12)20-4/h1,6-7,9,11,16H,8,10H2,2-4H3,(H,17,18). The van der Waals surface area contributed by atoms with Gasteiger partial charge < -0.3 is 14.8 Å². The molecule has 0 saturated carbocycles. The molecule has 20 heavy (non-hydrogen) atoms. The first-order chi connectivity index (χ1) is 9.62. The number of ether oxygens (including phenoxy) is 2. The number of rotatable bonds is 7. The van der Waals surface area contributed by atoms with E-state index >= 15 is 0 Å². The lowest BCUT2D eigenvalue weighted by Crippen LogP contribution is -2.35. The summed E-state index contributed by atoms with van der Waals surface area (Å²) in [7, 11) is 3.16. The topological polar surface area (TPSA) is 59.6 Å². The molecule has 1 atom stereocenters. The summed E-state index contributed by atoms with van der Waals surface area (Å²) in [4.78, 5) is 11.7. The smallest absolute Gasteiger partial charge is 0.234 e. The van der Waals surface area contributed by atoms with Gasteiger partial charge in [-0.25, -0.2) is 0 Å². The molecule has 0 aliphatic heterocycles. The second-order valence-corrected chi connectivity index (χ2v) is 4.21. The van der Waals surface area contributed by atoms with Crippen LogP contribution in [0.1, 0.15) is 18.5 Å². The molecule has 5 nitrogen and oxygen atoms in total. The number of hydrogen-bond acceptors (Lipinski definition) is 4. The van der Waals surface area contributed by atoms with Gasteiger partial charge in [-0.2, -0.15) is 0 Å². The fourth-order valence-electron chi connectivity index (χ4n) is 1.75. The van der Waals surface area contributed by atoms with Crippen LogP contribution in [-0.4, -0.2) is 33.2 Å². The molecule has 1 unspecified atom stereocenters. The summed E-state index contributed by atoms with van der Waals surface area (Å²) in [6.45, 7) is 2.47. The Morgan fingerprint density at radius 2 is 2.05 bits per heavy atom. The molecule has 0 aliphatic carbocycles. The van der Waals surface area contributed by atoms with Gasteiger partial charge in [0, 0.05) is 0 Å². The highest BCUT2D eigenvalue weighted by atomic mass is 16.5. The van der Waals surface area contributed by atoms with E-state index in [1.807, 2.05) is 25.1 Å². The van der Waals surface area contributed by atoms with E-state index in [2.05, 4.69) is 16.6 Å². The van der Waals surface area contributed by atoms with Crippen molar-refractivity contribution in [2.24, 2.45) is 0 Å². The maximum absolute atomic E-state index is 11.7. The number of carbonyl (C=O) groups is 1. The molecule has 0 spiro atoms. The Bertz CT molecular complexity index is 494. The molecule has 0 fully saturated rings. The maximum atomic E-state index is 11.7. The van der Waals surface area contributed by atoms with E-state index in [9.17, 15) is 4.79 Å². The molecule has 1 aromatic carbocycles. The van der Waals surface area contributed by atoms with Crippen molar-refractivity contribution in [1.29, 1.82) is 0 Å². The van der Waals surface area contributed by atoms with Gasteiger partial charge in [0.25, 0.3) is 0 Å².